The zero-order valence-electron chi connectivity index (χ0n) is 12.7. The van der Waals surface area contributed by atoms with E-state index in [-0.39, 0.29) is 58.0 Å². The fraction of sp³-hybridized carbons (Fsp3) is 0.500. The predicted octanol–water partition coefficient (Wildman–Crippen LogP) is -3.76. The second kappa shape index (κ2) is 6.68. The van der Waals surface area contributed by atoms with Crippen molar-refractivity contribution < 1.29 is 57.9 Å². The Hall–Kier alpha value is -0.340. The number of rotatable bonds is 1. The topological polar surface area (TPSA) is 175 Å². The van der Waals surface area contributed by atoms with Gasteiger partial charge in [-0.3, -0.25) is 23.4 Å². The number of halogens is 1. The third-order valence-electron chi connectivity index (χ3n) is 3.75. The summed E-state index contributed by atoms with van der Waals surface area (Å²) >= 11 is 3.18. The molecular weight excluding hydrogens is 436 g/mol. The summed E-state index contributed by atoms with van der Waals surface area (Å²) in [7, 11) is -4.24. The third-order valence-corrected chi connectivity index (χ3v) is 5.29. The average molecular weight is 447 g/mol. The van der Waals surface area contributed by atoms with Crippen molar-refractivity contribution in [1.29, 1.82) is 0 Å². The molecule has 15 heteroatoms. The van der Waals surface area contributed by atoms with E-state index in [9.17, 15) is 19.4 Å². The fourth-order valence-electron chi connectivity index (χ4n) is 2.75. The van der Waals surface area contributed by atoms with Gasteiger partial charge in [-0.15, -0.1) is 0 Å². The zero-order valence-corrected chi connectivity index (χ0v) is 17.2. The van der Waals surface area contributed by atoms with Crippen molar-refractivity contribution in [3.8, 4) is 0 Å². The van der Waals surface area contributed by atoms with Crippen LogP contribution in [-0.4, -0.2) is 54.4 Å². The molecule has 2 unspecified atom stereocenters. The number of imidazole rings is 1. The predicted molar refractivity (Wildman–Crippen MR) is 80.8 cm³/mol. The molecule has 4 heterocycles. The maximum atomic E-state index is 11.9. The van der Waals surface area contributed by atoms with Gasteiger partial charge in [-0.25, -0.2) is 9.55 Å². The number of nitrogen functional groups attached to an aromatic ring is 1. The first-order valence-corrected chi connectivity index (χ1v) is 8.98. The number of aliphatic hydroxyl groups excluding tert-OH is 1. The molecule has 0 aliphatic carbocycles. The maximum Gasteiger partial charge on any atom is 1.00 e. The van der Waals surface area contributed by atoms with E-state index in [1.165, 1.54) is 4.57 Å². The van der Waals surface area contributed by atoms with Gasteiger partial charge in [0.2, 0.25) is 5.95 Å². The standard InChI is InChI=1S/C10H11BrN5O7P.Na/c11-9-13-3-6(14-10(12)15-7(3)18)16(9)8-4(17)5-2(22-8)1-21-24(19,20)23-5;/h2,4-5,8,17H,1H2,(H,19,20)(H3,12,14,15,18);/q;+1/t2-,4-,5-,8?;/m1./s1. The summed E-state index contributed by atoms with van der Waals surface area (Å²) in [4.78, 5) is 31.7. The molecule has 2 aromatic rings. The average Bonchev–Trinajstić information content (AvgIpc) is 2.96. The Morgan fingerprint density at radius 3 is 2.88 bits per heavy atom. The van der Waals surface area contributed by atoms with E-state index in [2.05, 4.69) is 35.4 Å². The molecule has 0 aromatic carbocycles. The molecule has 0 bridgehead atoms. The van der Waals surface area contributed by atoms with Gasteiger partial charge in [-0.05, 0) is 15.9 Å². The van der Waals surface area contributed by atoms with Gasteiger partial charge < -0.3 is 20.5 Å². The molecule has 25 heavy (non-hydrogen) atoms. The number of nitrogens with zero attached hydrogens (tertiary/aromatic N) is 3. The molecule has 12 nitrogen and oxygen atoms in total. The molecule has 5 N–H and O–H groups in total. The van der Waals surface area contributed by atoms with Crippen molar-refractivity contribution in [3.05, 3.63) is 15.1 Å². The van der Waals surface area contributed by atoms with Gasteiger partial charge in [0, 0.05) is 0 Å². The van der Waals surface area contributed by atoms with Gasteiger partial charge in [0.15, 0.2) is 22.1 Å². The van der Waals surface area contributed by atoms with E-state index >= 15 is 0 Å². The molecule has 5 atom stereocenters. The Morgan fingerprint density at radius 2 is 2.16 bits per heavy atom. The van der Waals surface area contributed by atoms with Crippen LogP contribution in [0.1, 0.15) is 6.23 Å². The number of phosphoric acid groups is 1. The number of H-pyrrole nitrogens is 1. The van der Waals surface area contributed by atoms with E-state index < -0.39 is 37.9 Å². The molecule has 0 radical (unpaired) electrons. The molecule has 2 saturated heterocycles. The van der Waals surface area contributed by atoms with Crippen LogP contribution in [0.2, 0.25) is 0 Å². The van der Waals surface area contributed by atoms with Gasteiger partial charge in [0.05, 0.1) is 6.61 Å². The van der Waals surface area contributed by atoms with E-state index in [4.69, 9.17) is 15.0 Å². The number of hydrogen-bond acceptors (Lipinski definition) is 9. The number of hydrogen-bond donors (Lipinski definition) is 4. The Bertz CT molecular complexity index is 936. The van der Waals surface area contributed by atoms with Crippen molar-refractivity contribution in [2.75, 3.05) is 12.3 Å². The van der Waals surface area contributed by atoms with E-state index in [1.807, 2.05) is 0 Å². The number of ether oxygens (including phenoxy) is 1. The van der Waals surface area contributed by atoms with Crippen LogP contribution in [0.25, 0.3) is 11.2 Å². The molecule has 2 aliphatic heterocycles. The van der Waals surface area contributed by atoms with Crippen LogP contribution in [0.4, 0.5) is 5.95 Å². The largest absolute Gasteiger partial charge is 1.00 e. The Labute approximate surface area is 169 Å². The summed E-state index contributed by atoms with van der Waals surface area (Å²) in [5.74, 6) is -0.134. The van der Waals surface area contributed by atoms with Crippen LogP contribution < -0.4 is 40.9 Å². The van der Waals surface area contributed by atoms with Crippen molar-refractivity contribution in [2.45, 2.75) is 24.5 Å². The molecule has 0 saturated carbocycles. The molecular formula is C10H11BrN5NaO7P+. The number of nitrogens with two attached hydrogens (primary N) is 1. The van der Waals surface area contributed by atoms with Crippen LogP contribution in [0.3, 0.4) is 0 Å². The number of aromatic amines is 1. The van der Waals surface area contributed by atoms with E-state index in [0.717, 1.165) is 0 Å². The maximum absolute atomic E-state index is 11.9. The molecule has 130 valence electrons. The molecule has 2 fully saturated rings. The molecule has 4 rings (SSSR count). The first-order valence-electron chi connectivity index (χ1n) is 6.69. The van der Waals surface area contributed by atoms with Crippen molar-refractivity contribution in [2.24, 2.45) is 0 Å². The summed E-state index contributed by atoms with van der Waals surface area (Å²) in [6, 6.07) is 0. The SMILES string of the molecule is Nc1nc2c(nc(Br)n2C2O[C@@H]3COP(=O)(O)O[C@H]3[C@H]2O)c(=O)[nH]1.[Na+]. The summed E-state index contributed by atoms with van der Waals surface area (Å²) in [6.45, 7) is -0.230. The second-order valence-electron chi connectivity index (χ2n) is 5.26. The van der Waals surface area contributed by atoms with E-state index in [0.29, 0.717) is 0 Å². The first kappa shape index (κ1) is 19.4. The summed E-state index contributed by atoms with van der Waals surface area (Å²) in [5, 5.41) is 10.5. The number of phosphoric ester groups is 1. The zero-order chi connectivity index (χ0) is 17.2. The summed E-state index contributed by atoms with van der Waals surface area (Å²) in [5.41, 5.74) is 5.07. The smallest absolute Gasteiger partial charge is 0.386 e. The van der Waals surface area contributed by atoms with Crippen molar-refractivity contribution in [1.82, 2.24) is 19.5 Å². The first-order chi connectivity index (χ1) is 11.3. The minimum atomic E-state index is -4.24. The number of anilines is 1. The van der Waals surface area contributed by atoms with Crippen LogP contribution in [-0.2, 0) is 18.3 Å². The number of aliphatic hydroxyl groups is 1. The number of fused-ring (bicyclic) bond motifs is 2. The number of aromatic nitrogens is 4. The summed E-state index contributed by atoms with van der Waals surface area (Å²) in [6.07, 6.45) is -4.25. The minimum Gasteiger partial charge on any atom is -0.386 e. The second-order valence-corrected chi connectivity index (χ2v) is 7.38. The molecule has 2 aromatic heterocycles. The van der Waals surface area contributed by atoms with Crippen LogP contribution in [0.15, 0.2) is 9.53 Å². The van der Waals surface area contributed by atoms with Crippen molar-refractivity contribution in [3.63, 3.8) is 0 Å². The van der Waals surface area contributed by atoms with Gasteiger partial charge in [0.25, 0.3) is 5.56 Å². The molecule has 0 amide bonds. The van der Waals surface area contributed by atoms with Crippen molar-refractivity contribution >= 4 is 40.9 Å². The van der Waals surface area contributed by atoms with Gasteiger partial charge in [-0.2, -0.15) is 4.98 Å². The minimum absolute atomic E-state index is 0. The Balaban J connectivity index is 0.00000182. The van der Waals surface area contributed by atoms with Gasteiger partial charge in [0.1, 0.15) is 18.3 Å². The number of nitrogens with one attached hydrogen (secondary N) is 1. The normalized spacial score (nSPS) is 34.7. The van der Waals surface area contributed by atoms with Crippen LogP contribution in [0, 0.1) is 0 Å². The Morgan fingerprint density at radius 1 is 1.44 bits per heavy atom. The molecule has 2 aliphatic rings. The monoisotopic (exact) mass is 446 g/mol. The van der Waals surface area contributed by atoms with Crippen LogP contribution in [0.5, 0.6) is 0 Å². The van der Waals surface area contributed by atoms with Gasteiger partial charge in [-0.1, -0.05) is 0 Å². The Kier molecular flexibility index (Phi) is 5.19. The quantitative estimate of drug-likeness (QED) is 0.193. The van der Waals surface area contributed by atoms with Crippen LogP contribution >= 0.6 is 23.8 Å². The fourth-order valence-corrected chi connectivity index (χ4v) is 4.26. The van der Waals surface area contributed by atoms with Gasteiger partial charge >= 0.3 is 37.4 Å². The van der Waals surface area contributed by atoms with E-state index in [1.54, 1.807) is 0 Å². The molecule has 0 spiro atoms. The summed E-state index contributed by atoms with van der Waals surface area (Å²) < 4.78 is 28.2. The third kappa shape index (κ3) is 3.23.